The summed E-state index contributed by atoms with van der Waals surface area (Å²) in [6.45, 7) is 6.13. The molecule has 0 bridgehead atoms. The van der Waals surface area contributed by atoms with Crippen molar-refractivity contribution in [1.29, 1.82) is 0 Å². The summed E-state index contributed by atoms with van der Waals surface area (Å²) >= 11 is 6.08. The molecule has 4 heteroatoms. The summed E-state index contributed by atoms with van der Waals surface area (Å²) in [5.74, 6) is 0.638. The van der Waals surface area contributed by atoms with Crippen LogP contribution >= 0.6 is 11.6 Å². The third kappa shape index (κ3) is 3.44. The number of nitrogens with zero attached hydrogens (tertiary/aromatic N) is 1. The molecule has 0 N–H and O–H groups in total. The predicted molar refractivity (Wildman–Crippen MR) is 74.4 cm³/mol. The Bertz CT molecular complexity index is 593. The highest BCUT2D eigenvalue weighted by Gasteiger charge is 2.19. The average molecular weight is 280 g/mol. The Morgan fingerprint density at radius 1 is 1.16 bits per heavy atom. The molecule has 0 radical (unpaired) electrons. The molecule has 0 saturated carbocycles. The van der Waals surface area contributed by atoms with E-state index in [2.05, 4.69) is 4.98 Å². The van der Waals surface area contributed by atoms with Crippen molar-refractivity contribution in [2.75, 3.05) is 0 Å². The van der Waals surface area contributed by atoms with Crippen molar-refractivity contribution in [3.63, 3.8) is 0 Å². The van der Waals surface area contributed by atoms with Gasteiger partial charge in [0.1, 0.15) is 22.5 Å². The van der Waals surface area contributed by atoms with Crippen LogP contribution in [0.2, 0.25) is 5.15 Å². The van der Waals surface area contributed by atoms with Crippen LogP contribution in [-0.4, -0.2) is 4.98 Å². The van der Waals surface area contributed by atoms with Crippen LogP contribution in [-0.2, 0) is 5.41 Å². The van der Waals surface area contributed by atoms with Crippen LogP contribution in [0.1, 0.15) is 26.3 Å². The van der Waals surface area contributed by atoms with Crippen LogP contribution in [0, 0.1) is 5.82 Å². The molecule has 2 nitrogen and oxygen atoms in total. The van der Waals surface area contributed by atoms with Crippen LogP contribution in [0.15, 0.2) is 36.5 Å². The molecule has 1 heterocycles. The fourth-order valence-corrected chi connectivity index (χ4v) is 2.06. The highest BCUT2D eigenvalue weighted by molar-refractivity contribution is 6.30. The first-order valence-electron chi connectivity index (χ1n) is 5.96. The highest BCUT2D eigenvalue weighted by atomic mass is 35.5. The van der Waals surface area contributed by atoms with Gasteiger partial charge >= 0.3 is 0 Å². The number of hydrogen-bond acceptors (Lipinski definition) is 2. The topological polar surface area (TPSA) is 22.1 Å². The molecular weight excluding hydrogens is 265 g/mol. The van der Waals surface area contributed by atoms with Crippen molar-refractivity contribution in [3.05, 3.63) is 53.1 Å². The Labute approximate surface area is 117 Å². The maximum absolute atomic E-state index is 13.1. The quantitative estimate of drug-likeness (QED) is 0.725. The molecule has 2 aromatic rings. The van der Waals surface area contributed by atoms with Crippen molar-refractivity contribution in [2.24, 2.45) is 0 Å². The number of aromatic nitrogens is 1. The predicted octanol–water partition coefficient (Wildman–Crippen LogP) is 4.96. The maximum Gasteiger partial charge on any atom is 0.146 e. The van der Waals surface area contributed by atoms with Gasteiger partial charge in [0.25, 0.3) is 0 Å². The Balaban J connectivity index is 2.32. The fraction of sp³-hybridized carbons (Fsp3) is 0.267. The molecule has 0 fully saturated rings. The van der Waals surface area contributed by atoms with Crippen LogP contribution < -0.4 is 4.74 Å². The van der Waals surface area contributed by atoms with E-state index in [-0.39, 0.29) is 11.2 Å². The Morgan fingerprint density at radius 2 is 1.89 bits per heavy atom. The maximum atomic E-state index is 13.1. The Morgan fingerprint density at radius 3 is 2.53 bits per heavy atom. The summed E-state index contributed by atoms with van der Waals surface area (Å²) in [4.78, 5) is 4.11. The largest absolute Gasteiger partial charge is 0.456 e. The minimum atomic E-state index is -0.338. The minimum Gasteiger partial charge on any atom is -0.456 e. The number of ether oxygens (including phenoxy) is 1. The van der Waals surface area contributed by atoms with Gasteiger partial charge in [0, 0.05) is 6.07 Å². The van der Waals surface area contributed by atoms with Crippen LogP contribution in [0.3, 0.4) is 0 Å². The SMILES string of the molecule is CC(C)(C)c1cc(Oc2cccc(F)c2)cnc1Cl. The van der Waals surface area contributed by atoms with E-state index in [0.717, 1.165) is 5.56 Å². The van der Waals surface area contributed by atoms with Crippen molar-refractivity contribution < 1.29 is 9.13 Å². The first-order valence-corrected chi connectivity index (χ1v) is 6.33. The molecule has 0 spiro atoms. The number of halogens is 2. The van der Waals surface area contributed by atoms with Crippen LogP contribution in [0.5, 0.6) is 11.5 Å². The van der Waals surface area contributed by atoms with Gasteiger partial charge in [0.2, 0.25) is 0 Å². The molecule has 0 saturated heterocycles. The highest BCUT2D eigenvalue weighted by Crippen LogP contribution is 2.32. The molecule has 0 aliphatic carbocycles. The number of hydrogen-bond donors (Lipinski definition) is 0. The van der Waals surface area contributed by atoms with Crippen LogP contribution in [0.4, 0.5) is 4.39 Å². The monoisotopic (exact) mass is 279 g/mol. The molecule has 0 amide bonds. The molecule has 19 heavy (non-hydrogen) atoms. The van der Waals surface area contributed by atoms with Gasteiger partial charge in [0.05, 0.1) is 6.20 Å². The smallest absolute Gasteiger partial charge is 0.146 e. The second-order valence-corrected chi connectivity index (χ2v) is 5.68. The zero-order valence-corrected chi connectivity index (χ0v) is 11.8. The lowest BCUT2D eigenvalue weighted by Crippen LogP contribution is -2.12. The van der Waals surface area contributed by atoms with Crippen molar-refractivity contribution in [1.82, 2.24) is 4.98 Å². The molecule has 0 atom stereocenters. The van der Waals surface area contributed by atoms with Crippen molar-refractivity contribution >= 4 is 11.6 Å². The van der Waals surface area contributed by atoms with E-state index in [1.54, 1.807) is 12.1 Å². The van der Waals surface area contributed by atoms with E-state index in [0.29, 0.717) is 16.7 Å². The molecule has 1 aromatic heterocycles. The minimum absolute atomic E-state index is 0.134. The van der Waals surface area contributed by atoms with Gasteiger partial charge in [-0.15, -0.1) is 0 Å². The lowest BCUT2D eigenvalue weighted by atomic mass is 9.88. The molecule has 1 aromatic carbocycles. The summed E-state index contributed by atoms with van der Waals surface area (Å²) < 4.78 is 18.7. The molecule has 2 rings (SSSR count). The summed E-state index contributed by atoms with van der Waals surface area (Å²) in [7, 11) is 0. The Kier molecular flexibility index (Phi) is 3.76. The molecular formula is C15H15ClFNO. The average Bonchev–Trinajstić information content (AvgIpc) is 2.30. The van der Waals surface area contributed by atoms with Gasteiger partial charge in [-0.05, 0) is 29.2 Å². The summed E-state index contributed by atoms with van der Waals surface area (Å²) in [5.41, 5.74) is 0.758. The number of pyridine rings is 1. The van der Waals surface area contributed by atoms with Crippen LogP contribution in [0.25, 0.3) is 0 Å². The summed E-state index contributed by atoms with van der Waals surface area (Å²) in [5, 5.41) is 0.457. The van der Waals surface area contributed by atoms with E-state index in [1.807, 2.05) is 26.8 Å². The van der Waals surface area contributed by atoms with Gasteiger partial charge in [-0.3, -0.25) is 0 Å². The molecule has 0 aliphatic heterocycles. The summed E-state index contributed by atoms with van der Waals surface area (Å²) in [6.07, 6.45) is 1.53. The lowest BCUT2D eigenvalue weighted by molar-refractivity contribution is 0.470. The number of rotatable bonds is 2. The molecule has 0 aliphatic rings. The number of benzene rings is 1. The van der Waals surface area contributed by atoms with E-state index < -0.39 is 0 Å². The van der Waals surface area contributed by atoms with Gasteiger partial charge in [-0.25, -0.2) is 9.37 Å². The summed E-state index contributed by atoms with van der Waals surface area (Å²) in [6, 6.07) is 7.81. The normalized spacial score (nSPS) is 11.4. The first-order chi connectivity index (χ1) is 8.86. The third-order valence-corrected chi connectivity index (χ3v) is 2.95. The van der Waals surface area contributed by atoms with Gasteiger partial charge < -0.3 is 4.74 Å². The first kappa shape index (κ1) is 13.8. The lowest BCUT2D eigenvalue weighted by Gasteiger charge is -2.20. The van der Waals surface area contributed by atoms with Gasteiger partial charge in [0.15, 0.2) is 0 Å². The Hall–Kier alpha value is -1.61. The van der Waals surface area contributed by atoms with E-state index in [1.165, 1.54) is 18.3 Å². The third-order valence-electron chi connectivity index (χ3n) is 2.65. The van der Waals surface area contributed by atoms with Crippen molar-refractivity contribution in [2.45, 2.75) is 26.2 Å². The standard InChI is InChI=1S/C15H15ClFNO/c1-15(2,3)13-8-12(9-18-14(13)16)19-11-6-4-5-10(17)7-11/h4-9H,1-3H3. The molecule has 0 unspecified atom stereocenters. The van der Waals surface area contributed by atoms with E-state index in [4.69, 9.17) is 16.3 Å². The van der Waals surface area contributed by atoms with Crippen molar-refractivity contribution in [3.8, 4) is 11.5 Å². The zero-order valence-electron chi connectivity index (χ0n) is 11.1. The second-order valence-electron chi connectivity index (χ2n) is 5.32. The van der Waals surface area contributed by atoms with Gasteiger partial charge in [-0.1, -0.05) is 38.4 Å². The fourth-order valence-electron chi connectivity index (χ4n) is 1.68. The van der Waals surface area contributed by atoms with E-state index >= 15 is 0 Å². The van der Waals surface area contributed by atoms with Gasteiger partial charge in [-0.2, -0.15) is 0 Å². The van der Waals surface area contributed by atoms with E-state index in [9.17, 15) is 4.39 Å². The second kappa shape index (κ2) is 5.17. The molecule has 100 valence electrons. The zero-order chi connectivity index (χ0) is 14.0.